The summed E-state index contributed by atoms with van der Waals surface area (Å²) in [6.45, 7) is 6.41. The number of rotatable bonds is 8. The fourth-order valence-electron chi connectivity index (χ4n) is 3.18. The lowest BCUT2D eigenvalue weighted by molar-refractivity contribution is 0.0526. The van der Waals surface area contributed by atoms with Gasteiger partial charge in [-0.05, 0) is 63.9 Å². The van der Waals surface area contributed by atoms with Crippen molar-refractivity contribution in [2.24, 2.45) is 5.73 Å². The average Bonchev–Trinajstić information content (AvgIpc) is 3.09. The summed E-state index contributed by atoms with van der Waals surface area (Å²) in [5, 5.41) is 5.56. The number of nitrogens with zero attached hydrogens (tertiary/aromatic N) is 3. The number of benzene rings is 1. The number of primary amides is 1. The van der Waals surface area contributed by atoms with Gasteiger partial charge in [-0.15, -0.1) is 0 Å². The van der Waals surface area contributed by atoms with Crippen LogP contribution >= 0.6 is 0 Å². The number of hydrogen-bond acceptors (Lipinski definition) is 6. The fourth-order valence-corrected chi connectivity index (χ4v) is 3.18. The van der Waals surface area contributed by atoms with Crippen LogP contribution in [-0.2, 0) is 11.3 Å². The zero-order valence-electron chi connectivity index (χ0n) is 18.9. The Morgan fingerprint density at radius 3 is 2.45 bits per heavy atom. The third-order valence-corrected chi connectivity index (χ3v) is 4.68. The molecule has 10 heteroatoms. The van der Waals surface area contributed by atoms with Gasteiger partial charge in [-0.2, -0.15) is 0 Å². The third kappa shape index (κ3) is 6.52. The molecule has 3 amide bonds. The van der Waals surface area contributed by atoms with Crippen LogP contribution in [0.2, 0.25) is 0 Å². The molecule has 10 nitrogen and oxygen atoms in total. The predicted octanol–water partition coefficient (Wildman–Crippen LogP) is 3.09. The maximum absolute atomic E-state index is 12.7. The van der Waals surface area contributed by atoms with Gasteiger partial charge < -0.3 is 20.4 Å². The Kier molecular flexibility index (Phi) is 7.27. The second-order valence-corrected chi connectivity index (χ2v) is 8.48. The number of aryl methyl sites for hydroxylation is 1. The number of alkyl carbamates (subject to hydrolysis) is 1. The summed E-state index contributed by atoms with van der Waals surface area (Å²) < 4.78 is 7.10. The molecule has 0 fully saturated rings. The molecule has 3 rings (SSSR count). The van der Waals surface area contributed by atoms with E-state index in [0.29, 0.717) is 48.5 Å². The van der Waals surface area contributed by atoms with Crippen molar-refractivity contribution in [2.75, 3.05) is 11.9 Å². The Hall–Kier alpha value is -3.95. The second kappa shape index (κ2) is 10.1. The van der Waals surface area contributed by atoms with Crippen molar-refractivity contribution < 1.29 is 19.1 Å². The van der Waals surface area contributed by atoms with E-state index in [-0.39, 0.29) is 5.91 Å². The van der Waals surface area contributed by atoms with Gasteiger partial charge in [-0.1, -0.05) is 0 Å². The molecule has 3 aromatic rings. The minimum atomic E-state index is -0.554. The lowest BCUT2D eigenvalue weighted by Crippen LogP contribution is -2.33. The van der Waals surface area contributed by atoms with E-state index in [9.17, 15) is 14.4 Å². The maximum Gasteiger partial charge on any atom is 0.407 e. The van der Waals surface area contributed by atoms with E-state index >= 15 is 0 Å². The van der Waals surface area contributed by atoms with E-state index in [1.54, 1.807) is 30.3 Å². The quantitative estimate of drug-likeness (QED) is 0.449. The number of anilines is 1. The highest BCUT2D eigenvalue weighted by Gasteiger charge is 2.17. The van der Waals surface area contributed by atoms with Crippen molar-refractivity contribution in [3.8, 4) is 0 Å². The van der Waals surface area contributed by atoms with Crippen molar-refractivity contribution in [3.63, 3.8) is 0 Å². The van der Waals surface area contributed by atoms with Crippen LogP contribution < -0.4 is 16.4 Å². The summed E-state index contributed by atoms with van der Waals surface area (Å²) in [5.41, 5.74) is 6.92. The number of unbranched alkanes of at least 4 members (excludes halogenated alkanes) is 1. The van der Waals surface area contributed by atoms with E-state index in [0.717, 1.165) is 5.52 Å². The number of aromatic nitrogens is 3. The Morgan fingerprint density at radius 1 is 1.06 bits per heavy atom. The number of nitrogens with two attached hydrogens (primary N) is 1. The van der Waals surface area contributed by atoms with Gasteiger partial charge in [-0.25, -0.2) is 9.78 Å². The van der Waals surface area contributed by atoms with Crippen LogP contribution in [0.5, 0.6) is 0 Å². The number of nitrogens with one attached hydrogen (secondary N) is 2. The van der Waals surface area contributed by atoms with Crippen molar-refractivity contribution in [1.82, 2.24) is 19.9 Å². The first-order valence-electron chi connectivity index (χ1n) is 10.6. The Balaban J connectivity index is 1.72. The third-order valence-electron chi connectivity index (χ3n) is 4.68. The molecule has 0 spiro atoms. The van der Waals surface area contributed by atoms with Crippen LogP contribution in [0.4, 0.5) is 10.7 Å². The predicted molar refractivity (Wildman–Crippen MR) is 124 cm³/mol. The summed E-state index contributed by atoms with van der Waals surface area (Å²) in [5.74, 6) is -0.522. The summed E-state index contributed by atoms with van der Waals surface area (Å²) in [4.78, 5) is 44.4. The van der Waals surface area contributed by atoms with E-state index in [4.69, 9.17) is 10.5 Å². The number of hydrogen-bond donors (Lipinski definition) is 3. The number of carbonyl (C=O) groups is 3. The van der Waals surface area contributed by atoms with E-state index < -0.39 is 17.6 Å². The van der Waals surface area contributed by atoms with E-state index in [1.807, 2.05) is 25.3 Å². The molecular weight excluding hydrogens is 424 g/mol. The van der Waals surface area contributed by atoms with Crippen LogP contribution in [0, 0.1) is 0 Å². The molecule has 174 valence electrons. The van der Waals surface area contributed by atoms with E-state index in [1.165, 1.54) is 12.4 Å². The lowest BCUT2D eigenvalue weighted by Gasteiger charge is -2.19. The molecule has 1 aromatic carbocycles. The van der Waals surface area contributed by atoms with Gasteiger partial charge in [0.25, 0.3) is 5.91 Å². The smallest absolute Gasteiger partial charge is 0.407 e. The van der Waals surface area contributed by atoms with Crippen molar-refractivity contribution in [1.29, 1.82) is 0 Å². The van der Waals surface area contributed by atoms with Crippen LogP contribution in [0.3, 0.4) is 0 Å². The van der Waals surface area contributed by atoms with Gasteiger partial charge in [0.1, 0.15) is 5.60 Å². The highest BCUT2D eigenvalue weighted by molar-refractivity contribution is 6.04. The maximum atomic E-state index is 12.7. The van der Waals surface area contributed by atoms with Crippen molar-refractivity contribution in [3.05, 3.63) is 53.9 Å². The monoisotopic (exact) mass is 452 g/mol. The summed E-state index contributed by atoms with van der Waals surface area (Å²) in [6, 6.07) is 8.19. The normalized spacial score (nSPS) is 11.2. The highest BCUT2D eigenvalue weighted by atomic mass is 16.6. The lowest BCUT2D eigenvalue weighted by atomic mass is 10.2. The summed E-state index contributed by atoms with van der Waals surface area (Å²) in [7, 11) is 0. The van der Waals surface area contributed by atoms with Crippen molar-refractivity contribution >= 4 is 34.9 Å². The first-order chi connectivity index (χ1) is 15.6. The van der Waals surface area contributed by atoms with E-state index in [2.05, 4.69) is 20.6 Å². The highest BCUT2D eigenvalue weighted by Crippen LogP contribution is 2.22. The number of pyridine rings is 1. The molecule has 33 heavy (non-hydrogen) atoms. The average molecular weight is 453 g/mol. The Labute approximate surface area is 191 Å². The molecule has 0 aliphatic rings. The molecule has 0 saturated carbocycles. The number of imidazole rings is 1. The van der Waals surface area contributed by atoms with Crippen molar-refractivity contribution in [2.45, 2.75) is 45.8 Å². The Morgan fingerprint density at radius 2 is 1.79 bits per heavy atom. The minimum absolute atomic E-state index is 0.323. The Bertz CT molecular complexity index is 1150. The first kappa shape index (κ1) is 23.7. The topological polar surface area (TPSA) is 141 Å². The summed E-state index contributed by atoms with van der Waals surface area (Å²) in [6.07, 6.45) is 4.01. The van der Waals surface area contributed by atoms with Gasteiger partial charge in [0.2, 0.25) is 11.9 Å². The van der Waals surface area contributed by atoms with Crippen LogP contribution in [0.15, 0.2) is 42.7 Å². The molecule has 0 radical (unpaired) electrons. The van der Waals surface area contributed by atoms with Crippen LogP contribution in [0.25, 0.3) is 11.0 Å². The van der Waals surface area contributed by atoms with Gasteiger partial charge >= 0.3 is 6.09 Å². The molecular formula is C23H28N6O4. The molecule has 0 saturated heterocycles. The summed E-state index contributed by atoms with van der Waals surface area (Å²) >= 11 is 0. The van der Waals surface area contributed by atoms with Gasteiger partial charge in [0.15, 0.2) is 0 Å². The zero-order chi connectivity index (χ0) is 24.0. The standard InChI is InChI=1S/C23H28N6O4/c1-23(2,3)33-22(32)26-10-4-5-13-29-18-7-6-16(19(24)30)14-17(18)27-21(29)28-20(31)15-8-11-25-12-9-15/h6-9,11-12,14H,4-5,10,13H2,1-3H3,(H2,24,30)(H,26,32)(H,27,28,31). The van der Waals surface area contributed by atoms with Crippen LogP contribution in [0.1, 0.15) is 54.3 Å². The first-order valence-corrected chi connectivity index (χ1v) is 10.6. The zero-order valence-corrected chi connectivity index (χ0v) is 18.9. The second-order valence-electron chi connectivity index (χ2n) is 8.48. The van der Waals surface area contributed by atoms with Gasteiger partial charge in [0, 0.05) is 36.6 Å². The molecule has 0 unspecified atom stereocenters. The molecule has 0 atom stereocenters. The molecule has 0 aliphatic carbocycles. The number of fused-ring (bicyclic) bond motifs is 1. The number of amides is 3. The molecule has 2 heterocycles. The number of carbonyl (C=O) groups excluding carboxylic acids is 3. The molecule has 0 bridgehead atoms. The molecule has 2 aromatic heterocycles. The van der Waals surface area contributed by atoms with Crippen LogP contribution in [-0.4, -0.2) is 44.6 Å². The fraction of sp³-hybridized carbons (Fsp3) is 0.348. The minimum Gasteiger partial charge on any atom is -0.444 e. The van der Waals surface area contributed by atoms with Gasteiger partial charge in [0.05, 0.1) is 11.0 Å². The number of ether oxygens (including phenoxy) is 1. The molecule has 4 N–H and O–H groups in total. The van der Waals surface area contributed by atoms with Gasteiger partial charge in [-0.3, -0.25) is 19.9 Å². The largest absolute Gasteiger partial charge is 0.444 e. The molecule has 0 aliphatic heterocycles. The SMILES string of the molecule is CC(C)(C)OC(=O)NCCCCn1c(NC(=O)c2ccncc2)nc2cc(C(N)=O)ccc21.